The number of carbonyl (C=O) groups excluding carboxylic acids is 3. The molecule has 0 spiro atoms. The Kier molecular flexibility index (Phi) is 7.91. The molecule has 186 valence electrons. The van der Waals surface area contributed by atoms with Gasteiger partial charge in [-0.25, -0.2) is 8.78 Å². The molecule has 0 atom stereocenters. The zero-order valence-electron chi connectivity index (χ0n) is 19.2. The summed E-state index contributed by atoms with van der Waals surface area (Å²) < 4.78 is 37.4. The summed E-state index contributed by atoms with van der Waals surface area (Å²) in [5.74, 6) is -2.75. The van der Waals surface area contributed by atoms with Crippen molar-refractivity contribution in [3.63, 3.8) is 0 Å². The molecular weight excluding hydrogens is 460 g/mol. The average molecular weight is 488 g/mol. The standard InChI is InChI=1S/C25H27F2N3O5/c26-18-5-7-22(19(27)13-18)34-15-21(31)17-4-6-23-20(12-17)30(25(33)16-35-23)14-24(32)28-8-11-29-9-2-1-3-10-29/h4-7,12-13H,1-3,8-11,14-16H2,(H,28,32). The molecule has 2 aromatic rings. The Morgan fingerprint density at radius 2 is 1.86 bits per heavy atom. The Bertz CT molecular complexity index is 1100. The smallest absolute Gasteiger partial charge is 0.265 e. The highest BCUT2D eigenvalue weighted by Gasteiger charge is 2.28. The first-order valence-electron chi connectivity index (χ1n) is 11.6. The van der Waals surface area contributed by atoms with Crippen LogP contribution < -0.4 is 19.7 Å². The molecule has 2 aliphatic heterocycles. The third kappa shape index (κ3) is 6.33. The van der Waals surface area contributed by atoms with E-state index in [2.05, 4.69) is 10.2 Å². The van der Waals surface area contributed by atoms with Gasteiger partial charge < -0.3 is 19.7 Å². The van der Waals surface area contributed by atoms with Crippen LogP contribution in [0.3, 0.4) is 0 Å². The highest BCUT2D eigenvalue weighted by molar-refractivity contribution is 6.04. The molecule has 0 aliphatic carbocycles. The van der Waals surface area contributed by atoms with Crippen LogP contribution in [0.1, 0.15) is 29.6 Å². The van der Waals surface area contributed by atoms with E-state index in [4.69, 9.17) is 9.47 Å². The second-order valence-corrected chi connectivity index (χ2v) is 8.49. The minimum atomic E-state index is -0.917. The minimum Gasteiger partial charge on any atom is -0.482 e. The van der Waals surface area contributed by atoms with Crippen LogP contribution in [0.5, 0.6) is 11.5 Å². The van der Waals surface area contributed by atoms with Crippen molar-refractivity contribution in [3.05, 3.63) is 53.6 Å². The number of rotatable bonds is 9. The summed E-state index contributed by atoms with van der Waals surface area (Å²) in [5, 5.41) is 2.85. The summed E-state index contributed by atoms with van der Waals surface area (Å²) in [4.78, 5) is 41.3. The van der Waals surface area contributed by atoms with Crippen molar-refractivity contribution in [1.29, 1.82) is 0 Å². The average Bonchev–Trinajstić information content (AvgIpc) is 2.85. The minimum absolute atomic E-state index is 0.195. The molecule has 2 aliphatic rings. The first-order chi connectivity index (χ1) is 16.9. The van der Waals surface area contributed by atoms with Crippen LogP contribution in [-0.2, 0) is 9.59 Å². The van der Waals surface area contributed by atoms with Gasteiger partial charge in [-0.2, -0.15) is 0 Å². The fraction of sp³-hybridized carbons (Fsp3) is 0.400. The van der Waals surface area contributed by atoms with E-state index in [9.17, 15) is 23.2 Å². The number of halogens is 2. The van der Waals surface area contributed by atoms with Gasteiger partial charge in [-0.05, 0) is 56.3 Å². The molecule has 1 saturated heterocycles. The monoisotopic (exact) mass is 487 g/mol. The fourth-order valence-electron chi connectivity index (χ4n) is 4.10. The fourth-order valence-corrected chi connectivity index (χ4v) is 4.10. The topological polar surface area (TPSA) is 88.2 Å². The molecule has 35 heavy (non-hydrogen) atoms. The second kappa shape index (κ2) is 11.3. The van der Waals surface area contributed by atoms with Gasteiger partial charge in [0.1, 0.15) is 18.1 Å². The van der Waals surface area contributed by atoms with Crippen LogP contribution in [-0.4, -0.2) is 68.4 Å². The number of carbonyl (C=O) groups is 3. The number of anilines is 1. The Balaban J connectivity index is 1.38. The lowest BCUT2D eigenvalue weighted by atomic mass is 10.1. The number of benzene rings is 2. The second-order valence-electron chi connectivity index (χ2n) is 8.49. The molecule has 2 aromatic carbocycles. The zero-order valence-corrected chi connectivity index (χ0v) is 19.2. The van der Waals surface area contributed by atoms with E-state index in [0.29, 0.717) is 24.0 Å². The molecule has 10 heteroatoms. The number of nitrogens with zero attached hydrogens (tertiary/aromatic N) is 2. The molecule has 0 bridgehead atoms. The Labute approximate surface area is 201 Å². The number of ketones is 1. The van der Waals surface area contributed by atoms with Crippen molar-refractivity contribution >= 4 is 23.3 Å². The molecule has 2 heterocycles. The van der Waals surface area contributed by atoms with Crippen molar-refractivity contribution in [1.82, 2.24) is 10.2 Å². The van der Waals surface area contributed by atoms with Gasteiger partial charge in [0, 0.05) is 24.7 Å². The van der Waals surface area contributed by atoms with E-state index in [-0.39, 0.29) is 30.4 Å². The molecule has 1 N–H and O–H groups in total. The number of amides is 2. The lowest BCUT2D eigenvalue weighted by Gasteiger charge is -2.29. The first-order valence-corrected chi connectivity index (χ1v) is 11.6. The van der Waals surface area contributed by atoms with Crippen LogP contribution in [0.4, 0.5) is 14.5 Å². The van der Waals surface area contributed by atoms with Crippen LogP contribution in [0, 0.1) is 11.6 Å². The van der Waals surface area contributed by atoms with Gasteiger partial charge >= 0.3 is 0 Å². The highest BCUT2D eigenvalue weighted by Crippen LogP contribution is 2.33. The van der Waals surface area contributed by atoms with Crippen molar-refractivity contribution in [2.24, 2.45) is 0 Å². The maximum atomic E-state index is 13.8. The molecule has 4 rings (SSSR count). The predicted molar refractivity (Wildman–Crippen MR) is 124 cm³/mol. The molecule has 0 radical (unpaired) electrons. The molecular formula is C25H27F2N3O5. The normalized spacial score (nSPS) is 15.8. The Hall–Kier alpha value is -3.53. The largest absolute Gasteiger partial charge is 0.482 e. The van der Waals surface area contributed by atoms with Gasteiger partial charge in [-0.3, -0.25) is 19.3 Å². The van der Waals surface area contributed by atoms with Crippen molar-refractivity contribution < 1.29 is 32.6 Å². The summed E-state index contributed by atoms with van der Waals surface area (Å²) in [6.07, 6.45) is 3.57. The summed E-state index contributed by atoms with van der Waals surface area (Å²) >= 11 is 0. The lowest BCUT2D eigenvalue weighted by Crippen LogP contribution is -2.46. The van der Waals surface area contributed by atoms with Crippen molar-refractivity contribution in [2.45, 2.75) is 19.3 Å². The molecule has 0 unspecified atom stereocenters. The van der Waals surface area contributed by atoms with E-state index in [1.165, 1.54) is 29.5 Å². The summed E-state index contributed by atoms with van der Waals surface area (Å²) in [6.45, 7) is 2.39. The molecule has 8 nitrogen and oxygen atoms in total. The van der Waals surface area contributed by atoms with E-state index in [0.717, 1.165) is 44.6 Å². The number of Topliss-reactive ketones (excluding diaryl/α,β-unsaturated/α-hetero) is 1. The van der Waals surface area contributed by atoms with Crippen molar-refractivity contribution in [2.75, 3.05) is 50.8 Å². The van der Waals surface area contributed by atoms with Gasteiger partial charge in [0.2, 0.25) is 5.91 Å². The highest BCUT2D eigenvalue weighted by atomic mass is 19.1. The van der Waals surface area contributed by atoms with Crippen molar-refractivity contribution in [3.8, 4) is 11.5 Å². The number of hydrogen-bond acceptors (Lipinski definition) is 6. The number of hydrogen-bond donors (Lipinski definition) is 1. The van der Waals surface area contributed by atoms with Gasteiger partial charge in [-0.15, -0.1) is 0 Å². The number of piperidine rings is 1. The summed E-state index contributed by atoms with van der Waals surface area (Å²) in [6, 6.07) is 7.27. The van der Waals surface area contributed by atoms with Crippen LogP contribution >= 0.6 is 0 Å². The predicted octanol–water partition coefficient (Wildman–Crippen LogP) is 2.55. The van der Waals surface area contributed by atoms with Gasteiger partial charge in [0.05, 0.1) is 5.69 Å². The zero-order chi connectivity index (χ0) is 24.8. The number of ether oxygens (including phenoxy) is 2. The van der Waals surface area contributed by atoms with Crippen LogP contribution in [0.15, 0.2) is 36.4 Å². The quantitative estimate of drug-likeness (QED) is 0.547. The Morgan fingerprint density at radius 3 is 2.63 bits per heavy atom. The van der Waals surface area contributed by atoms with E-state index in [1.807, 2.05) is 0 Å². The molecule has 0 saturated carbocycles. The number of fused-ring (bicyclic) bond motifs is 1. The van der Waals surface area contributed by atoms with Gasteiger partial charge in [0.25, 0.3) is 5.91 Å². The first kappa shape index (κ1) is 24.6. The van der Waals surface area contributed by atoms with Crippen LogP contribution in [0.25, 0.3) is 0 Å². The molecule has 1 fully saturated rings. The van der Waals surface area contributed by atoms with Gasteiger partial charge in [-0.1, -0.05) is 6.42 Å². The maximum absolute atomic E-state index is 13.8. The Morgan fingerprint density at radius 1 is 1.06 bits per heavy atom. The summed E-state index contributed by atoms with van der Waals surface area (Å²) in [7, 11) is 0. The van der Waals surface area contributed by atoms with E-state index >= 15 is 0 Å². The van der Waals surface area contributed by atoms with E-state index in [1.54, 1.807) is 0 Å². The lowest BCUT2D eigenvalue weighted by molar-refractivity contribution is -0.125. The molecule has 2 amide bonds. The maximum Gasteiger partial charge on any atom is 0.265 e. The number of likely N-dealkylation sites (tertiary alicyclic amines) is 1. The summed E-state index contributed by atoms with van der Waals surface area (Å²) in [5.41, 5.74) is 0.492. The molecule has 0 aromatic heterocycles. The van der Waals surface area contributed by atoms with Gasteiger partial charge in [0.15, 0.2) is 30.6 Å². The third-order valence-electron chi connectivity index (χ3n) is 5.98. The SMILES string of the molecule is O=C(CN1C(=O)COc2ccc(C(=O)COc3ccc(F)cc3F)cc21)NCCN1CCCCC1. The van der Waals surface area contributed by atoms with Crippen LogP contribution in [0.2, 0.25) is 0 Å². The third-order valence-corrected chi connectivity index (χ3v) is 5.98. The van der Waals surface area contributed by atoms with E-state index < -0.39 is 29.9 Å². The number of nitrogens with one attached hydrogen (secondary N) is 1.